The minimum atomic E-state index is -0.765. The number of hydrogen-bond donors (Lipinski definition) is 1. The first-order valence-corrected chi connectivity index (χ1v) is 6.73. The van der Waals surface area contributed by atoms with Gasteiger partial charge in [0.1, 0.15) is 0 Å². The van der Waals surface area contributed by atoms with Crippen molar-refractivity contribution in [3.8, 4) is 5.69 Å². The summed E-state index contributed by atoms with van der Waals surface area (Å²) in [6, 6.07) is 11.9. The minimum absolute atomic E-state index is 0.160. The Morgan fingerprint density at radius 1 is 1.30 bits per heavy atom. The molecule has 0 unspecified atom stereocenters. The lowest BCUT2D eigenvalue weighted by molar-refractivity contribution is -0.137. The number of carbonyl (C=O) groups is 1. The van der Waals surface area contributed by atoms with Gasteiger partial charge < -0.3 is 5.11 Å². The van der Waals surface area contributed by atoms with E-state index in [0.29, 0.717) is 13.1 Å². The number of para-hydroxylation sites is 1. The fraction of sp³-hybridized carbons (Fsp3) is 0.333. The van der Waals surface area contributed by atoms with Crippen molar-refractivity contribution in [2.45, 2.75) is 19.9 Å². The number of nitrogens with zero attached hydrogens (tertiary/aromatic N) is 3. The van der Waals surface area contributed by atoms with E-state index in [4.69, 9.17) is 5.11 Å². The largest absolute Gasteiger partial charge is 0.481 e. The highest BCUT2D eigenvalue weighted by Gasteiger charge is 2.08. The topological polar surface area (TPSA) is 58.4 Å². The third-order valence-electron chi connectivity index (χ3n) is 3.14. The van der Waals surface area contributed by atoms with Crippen LogP contribution in [0.3, 0.4) is 0 Å². The second kappa shape index (κ2) is 6.86. The molecule has 0 aliphatic heterocycles. The molecule has 0 fully saturated rings. The van der Waals surface area contributed by atoms with Gasteiger partial charge >= 0.3 is 5.97 Å². The highest BCUT2D eigenvalue weighted by molar-refractivity contribution is 5.66. The summed E-state index contributed by atoms with van der Waals surface area (Å²) in [6.07, 6.45) is 2.09. The molecule has 20 heavy (non-hydrogen) atoms. The average Bonchev–Trinajstić information content (AvgIpc) is 2.92. The normalized spacial score (nSPS) is 10.9. The van der Waals surface area contributed by atoms with Gasteiger partial charge in [0, 0.05) is 19.3 Å². The number of carboxylic acid groups (broad SMARTS) is 1. The summed E-state index contributed by atoms with van der Waals surface area (Å²) in [5.74, 6) is -0.765. The third-order valence-corrected chi connectivity index (χ3v) is 3.14. The van der Waals surface area contributed by atoms with E-state index in [1.165, 1.54) is 0 Å². The van der Waals surface area contributed by atoms with Crippen LogP contribution in [-0.4, -0.2) is 38.8 Å². The van der Waals surface area contributed by atoms with Crippen LogP contribution in [0, 0.1) is 0 Å². The van der Waals surface area contributed by atoms with Crippen molar-refractivity contribution in [3.05, 3.63) is 48.3 Å². The molecule has 2 rings (SSSR count). The maximum absolute atomic E-state index is 10.6. The Balaban J connectivity index is 2.00. The Kier molecular flexibility index (Phi) is 4.90. The minimum Gasteiger partial charge on any atom is -0.481 e. The molecule has 1 heterocycles. The van der Waals surface area contributed by atoms with E-state index in [9.17, 15) is 4.79 Å². The quantitative estimate of drug-likeness (QED) is 0.840. The smallest absolute Gasteiger partial charge is 0.304 e. The number of aromatic nitrogens is 2. The first-order chi connectivity index (χ1) is 9.69. The Morgan fingerprint density at radius 3 is 2.70 bits per heavy atom. The number of hydrogen-bond acceptors (Lipinski definition) is 3. The van der Waals surface area contributed by atoms with E-state index in [1.54, 1.807) is 0 Å². The monoisotopic (exact) mass is 273 g/mol. The second-order valence-electron chi connectivity index (χ2n) is 4.60. The lowest BCUT2D eigenvalue weighted by atomic mass is 10.3. The van der Waals surface area contributed by atoms with Crippen LogP contribution in [0.4, 0.5) is 0 Å². The molecule has 1 aromatic heterocycles. The molecule has 5 nitrogen and oxygen atoms in total. The molecule has 0 aliphatic carbocycles. The van der Waals surface area contributed by atoms with Gasteiger partial charge in [-0.05, 0) is 24.7 Å². The SMILES string of the molecule is CCN(CCC(=O)O)Cc1ccn(-c2ccccc2)n1. The van der Waals surface area contributed by atoms with Crippen molar-refractivity contribution in [1.29, 1.82) is 0 Å². The molecule has 0 aliphatic rings. The third kappa shape index (κ3) is 3.93. The summed E-state index contributed by atoms with van der Waals surface area (Å²) in [6.45, 7) is 4.05. The van der Waals surface area contributed by atoms with E-state index in [1.807, 2.05) is 54.2 Å². The number of aliphatic carboxylic acids is 1. The molecular weight excluding hydrogens is 254 g/mol. The van der Waals surface area contributed by atoms with Crippen molar-refractivity contribution in [2.75, 3.05) is 13.1 Å². The maximum atomic E-state index is 10.6. The zero-order valence-electron chi connectivity index (χ0n) is 11.6. The van der Waals surface area contributed by atoms with E-state index < -0.39 is 5.97 Å². The first kappa shape index (κ1) is 14.3. The zero-order chi connectivity index (χ0) is 14.4. The molecule has 2 aromatic rings. The summed E-state index contributed by atoms with van der Waals surface area (Å²) in [5.41, 5.74) is 1.97. The Morgan fingerprint density at radius 2 is 2.05 bits per heavy atom. The van der Waals surface area contributed by atoms with Gasteiger partial charge in [0.2, 0.25) is 0 Å². The molecular formula is C15H19N3O2. The van der Waals surface area contributed by atoms with Gasteiger partial charge in [0.15, 0.2) is 0 Å². The van der Waals surface area contributed by atoms with Gasteiger partial charge in [0.25, 0.3) is 0 Å². The van der Waals surface area contributed by atoms with Crippen molar-refractivity contribution in [1.82, 2.24) is 14.7 Å². The average molecular weight is 273 g/mol. The fourth-order valence-electron chi connectivity index (χ4n) is 2.00. The van der Waals surface area contributed by atoms with E-state index in [-0.39, 0.29) is 6.42 Å². The molecule has 0 atom stereocenters. The molecule has 5 heteroatoms. The van der Waals surface area contributed by atoms with Crippen molar-refractivity contribution in [3.63, 3.8) is 0 Å². The zero-order valence-corrected chi connectivity index (χ0v) is 11.6. The predicted octanol–water partition coefficient (Wildman–Crippen LogP) is 2.17. The van der Waals surface area contributed by atoms with Crippen LogP contribution in [0.5, 0.6) is 0 Å². The van der Waals surface area contributed by atoms with Gasteiger partial charge in [-0.25, -0.2) is 4.68 Å². The molecule has 1 aromatic carbocycles. The van der Waals surface area contributed by atoms with Crippen LogP contribution in [0.2, 0.25) is 0 Å². The van der Waals surface area contributed by atoms with Crippen molar-refractivity contribution < 1.29 is 9.90 Å². The molecule has 0 amide bonds. The van der Waals surface area contributed by atoms with Crippen LogP contribution in [-0.2, 0) is 11.3 Å². The van der Waals surface area contributed by atoms with E-state index >= 15 is 0 Å². The predicted molar refractivity (Wildman–Crippen MR) is 76.8 cm³/mol. The van der Waals surface area contributed by atoms with Crippen LogP contribution in [0.15, 0.2) is 42.6 Å². The Bertz CT molecular complexity index is 551. The summed E-state index contributed by atoms with van der Waals surface area (Å²) < 4.78 is 1.83. The van der Waals surface area contributed by atoms with Gasteiger partial charge in [-0.1, -0.05) is 25.1 Å². The molecule has 0 saturated heterocycles. The van der Waals surface area contributed by atoms with Gasteiger partial charge in [0.05, 0.1) is 17.8 Å². The lowest BCUT2D eigenvalue weighted by Crippen LogP contribution is -2.26. The van der Waals surface area contributed by atoms with Crippen LogP contribution < -0.4 is 0 Å². The number of carboxylic acids is 1. The molecule has 0 radical (unpaired) electrons. The molecule has 0 saturated carbocycles. The number of rotatable bonds is 7. The summed E-state index contributed by atoms with van der Waals surface area (Å²) in [4.78, 5) is 12.7. The van der Waals surface area contributed by atoms with Crippen LogP contribution >= 0.6 is 0 Å². The van der Waals surface area contributed by atoms with Crippen molar-refractivity contribution in [2.24, 2.45) is 0 Å². The summed E-state index contributed by atoms with van der Waals surface area (Å²) in [5, 5.41) is 13.3. The summed E-state index contributed by atoms with van der Waals surface area (Å²) >= 11 is 0. The van der Waals surface area contributed by atoms with Gasteiger partial charge in [-0.3, -0.25) is 9.69 Å². The molecule has 0 bridgehead atoms. The lowest BCUT2D eigenvalue weighted by Gasteiger charge is -2.17. The van der Waals surface area contributed by atoms with Gasteiger partial charge in [-0.2, -0.15) is 5.10 Å². The van der Waals surface area contributed by atoms with Crippen molar-refractivity contribution >= 4 is 5.97 Å². The first-order valence-electron chi connectivity index (χ1n) is 6.73. The molecule has 1 N–H and O–H groups in total. The van der Waals surface area contributed by atoms with Crippen LogP contribution in [0.25, 0.3) is 5.69 Å². The Labute approximate surface area is 118 Å². The van der Waals surface area contributed by atoms with E-state index in [2.05, 4.69) is 10.00 Å². The standard InChI is InChI=1S/C15H19N3O2/c1-2-17(10-9-15(19)20)12-13-8-11-18(16-13)14-6-4-3-5-7-14/h3-8,11H,2,9-10,12H2,1H3,(H,19,20). The second-order valence-corrected chi connectivity index (χ2v) is 4.60. The maximum Gasteiger partial charge on any atom is 0.304 e. The highest BCUT2D eigenvalue weighted by Crippen LogP contribution is 2.08. The van der Waals surface area contributed by atoms with Crippen LogP contribution in [0.1, 0.15) is 19.0 Å². The fourth-order valence-corrected chi connectivity index (χ4v) is 2.00. The van der Waals surface area contributed by atoms with Gasteiger partial charge in [-0.15, -0.1) is 0 Å². The Hall–Kier alpha value is -2.14. The highest BCUT2D eigenvalue weighted by atomic mass is 16.4. The summed E-state index contributed by atoms with van der Waals surface area (Å²) in [7, 11) is 0. The number of benzene rings is 1. The molecule has 106 valence electrons. The van der Waals surface area contributed by atoms with E-state index in [0.717, 1.165) is 17.9 Å². The molecule has 0 spiro atoms.